The minimum Gasteiger partial charge on any atom is -0.466 e. The quantitative estimate of drug-likeness (QED) is 0.0322. The zero-order valence-electron chi connectivity index (χ0n) is 39.9. The molecule has 3 N–H and O–H groups in total. The molecule has 0 saturated carbocycles. The zero-order chi connectivity index (χ0) is 43.7. The van der Waals surface area contributed by atoms with E-state index >= 15 is 0 Å². The summed E-state index contributed by atoms with van der Waals surface area (Å²) in [4.78, 5) is 24.4. The number of hydrogen-bond donors (Lipinski definition) is 3. The third kappa shape index (κ3) is 45.6. The van der Waals surface area contributed by atoms with Gasteiger partial charge in [0.05, 0.1) is 25.4 Å². The molecule has 0 bridgehead atoms. The summed E-state index contributed by atoms with van der Waals surface area (Å²) in [6, 6.07) is -0.671. The number of carbonyl (C=O) groups excluding carboxylic acids is 2. The van der Waals surface area contributed by atoms with Crippen LogP contribution in [0.2, 0.25) is 0 Å². The Labute approximate surface area is 373 Å². The number of esters is 1. The number of carbonyl (C=O) groups is 2. The van der Waals surface area contributed by atoms with Crippen LogP contribution in [0.15, 0.2) is 36.5 Å². The minimum absolute atomic E-state index is 0.0161. The molecule has 0 heterocycles. The Morgan fingerprint density at radius 1 is 0.467 bits per heavy atom. The normalized spacial score (nSPS) is 12.9. The number of hydrogen-bond acceptors (Lipinski definition) is 5. The van der Waals surface area contributed by atoms with Gasteiger partial charge in [-0.1, -0.05) is 243 Å². The number of ether oxygens (including phenoxy) is 1. The highest BCUT2D eigenvalue weighted by molar-refractivity contribution is 5.76. The first kappa shape index (κ1) is 58.1. The average molecular weight is 844 g/mol. The van der Waals surface area contributed by atoms with Crippen molar-refractivity contribution in [1.29, 1.82) is 0 Å². The lowest BCUT2D eigenvalue weighted by molar-refractivity contribution is -0.143. The fourth-order valence-electron chi connectivity index (χ4n) is 7.86. The summed E-state index contributed by atoms with van der Waals surface area (Å²) >= 11 is 0. The summed E-state index contributed by atoms with van der Waals surface area (Å²) in [5, 5.41) is 23.0. The van der Waals surface area contributed by atoms with E-state index in [1.54, 1.807) is 6.08 Å². The molecule has 0 saturated heterocycles. The topological polar surface area (TPSA) is 95.9 Å². The van der Waals surface area contributed by atoms with Crippen molar-refractivity contribution >= 4 is 11.9 Å². The Hall–Kier alpha value is -1.92. The van der Waals surface area contributed by atoms with Crippen LogP contribution in [0, 0.1) is 0 Å². The summed E-state index contributed by atoms with van der Waals surface area (Å²) < 4.78 is 5.45. The molecule has 0 aliphatic carbocycles. The molecule has 60 heavy (non-hydrogen) atoms. The van der Waals surface area contributed by atoms with Crippen LogP contribution in [0.25, 0.3) is 0 Å². The van der Waals surface area contributed by atoms with Gasteiger partial charge < -0.3 is 20.3 Å². The highest BCUT2D eigenvalue weighted by Crippen LogP contribution is 2.16. The molecule has 352 valence electrons. The van der Waals surface area contributed by atoms with Crippen molar-refractivity contribution in [3.8, 4) is 0 Å². The molecule has 0 aromatic rings. The first-order valence-electron chi connectivity index (χ1n) is 26.3. The van der Waals surface area contributed by atoms with Gasteiger partial charge in [-0.2, -0.15) is 0 Å². The Balaban J connectivity index is 3.57. The molecule has 0 aromatic heterocycles. The number of amides is 1. The third-order valence-electron chi connectivity index (χ3n) is 11.9. The van der Waals surface area contributed by atoms with E-state index in [1.807, 2.05) is 12.2 Å². The van der Waals surface area contributed by atoms with Crippen LogP contribution in [0.1, 0.15) is 271 Å². The maximum atomic E-state index is 12.4. The van der Waals surface area contributed by atoms with E-state index in [1.165, 1.54) is 186 Å². The SMILES string of the molecule is CCCCCCCCCCCCCCC/C=C/C(O)C(CO)NC(=O)CC/C=C\C/C=C\CCCCCCCCOC(=O)CCCCCCCCCCCCCCCCC. The maximum absolute atomic E-state index is 12.4. The smallest absolute Gasteiger partial charge is 0.305 e. The zero-order valence-corrected chi connectivity index (χ0v) is 39.9. The van der Waals surface area contributed by atoms with E-state index in [9.17, 15) is 19.8 Å². The number of rotatable bonds is 48. The lowest BCUT2D eigenvalue weighted by atomic mass is 10.0. The number of aliphatic hydroxyl groups excluding tert-OH is 2. The Bertz CT molecular complexity index is 977. The fraction of sp³-hybridized carbons (Fsp3) is 0.852. The van der Waals surface area contributed by atoms with Crippen LogP contribution in [-0.2, 0) is 14.3 Å². The second-order valence-corrected chi connectivity index (χ2v) is 17.9. The van der Waals surface area contributed by atoms with Crippen molar-refractivity contribution in [2.75, 3.05) is 13.2 Å². The van der Waals surface area contributed by atoms with Crippen molar-refractivity contribution in [1.82, 2.24) is 5.32 Å². The van der Waals surface area contributed by atoms with Gasteiger partial charge in [-0.3, -0.25) is 9.59 Å². The van der Waals surface area contributed by atoms with Crippen molar-refractivity contribution in [2.45, 2.75) is 283 Å². The largest absolute Gasteiger partial charge is 0.466 e. The molecule has 2 atom stereocenters. The molecule has 2 unspecified atom stereocenters. The molecule has 1 amide bonds. The predicted molar refractivity (Wildman–Crippen MR) is 259 cm³/mol. The van der Waals surface area contributed by atoms with Gasteiger partial charge in [0.15, 0.2) is 0 Å². The molecule has 0 rings (SSSR count). The first-order valence-corrected chi connectivity index (χ1v) is 26.3. The maximum Gasteiger partial charge on any atom is 0.305 e. The van der Waals surface area contributed by atoms with Crippen LogP contribution in [0.5, 0.6) is 0 Å². The summed E-state index contributed by atoms with van der Waals surface area (Å²) in [7, 11) is 0. The van der Waals surface area contributed by atoms with E-state index in [0.717, 1.165) is 51.4 Å². The lowest BCUT2D eigenvalue weighted by Crippen LogP contribution is -2.45. The molecule has 0 aliphatic heterocycles. The standard InChI is InChI=1S/C54H101NO5/c1-3-5-7-9-11-13-15-17-19-22-26-30-34-38-42-46-52(57)51(50-56)55-53(58)47-43-39-35-31-27-23-21-25-29-33-37-41-45-49-60-54(59)48-44-40-36-32-28-24-20-18-16-14-12-10-8-6-4-2/h23,27,35,39,42,46,51-52,56-57H,3-22,24-26,28-34,36-38,40-41,43-45,47-50H2,1-2H3,(H,55,58)/b27-23-,39-35-,46-42+. The van der Waals surface area contributed by atoms with E-state index in [4.69, 9.17) is 4.74 Å². The van der Waals surface area contributed by atoms with Crippen LogP contribution in [-0.4, -0.2) is 47.4 Å². The van der Waals surface area contributed by atoms with Gasteiger partial charge in [-0.05, 0) is 51.4 Å². The number of unbranched alkanes of at least 4 members (excludes halogenated alkanes) is 33. The van der Waals surface area contributed by atoms with Gasteiger partial charge >= 0.3 is 5.97 Å². The van der Waals surface area contributed by atoms with Gasteiger partial charge in [0.1, 0.15) is 0 Å². The van der Waals surface area contributed by atoms with Crippen LogP contribution < -0.4 is 5.32 Å². The Morgan fingerprint density at radius 2 is 0.850 bits per heavy atom. The Kier molecular flexibility index (Phi) is 48.1. The van der Waals surface area contributed by atoms with Crippen molar-refractivity contribution in [3.63, 3.8) is 0 Å². The van der Waals surface area contributed by atoms with Gasteiger partial charge in [-0.15, -0.1) is 0 Å². The van der Waals surface area contributed by atoms with E-state index < -0.39 is 12.1 Å². The van der Waals surface area contributed by atoms with Gasteiger partial charge in [0.25, 0.3) is 0 Å². The summed E-state index contributed by atoms with van der Waals surface area (Å²) in [6.07, 6.45) is 60.2. The molecule has 0 radical (unpaired) electrons. The Morgan fingerprint density at radius 3 is 1.30 bits per heavy atom. The van der Waals surface area contributed by atoms with Crippen molar-refractivity contribution in [3.05, 3.63) is 36.5 Å². The van der Waals surface area contributed by atoms with Crippen LogP contribution in [0.4, 0.5) is 0 Å². The fourth-order valence-corrected chi connectivity index (χ4v) is 7.86. The molecule has 0 aromatic carbocycles. The molecule has 0 aliphatic rings. The predicted octanol–water partition coefficient (Wildman–Crippen LogP) is 15.7. The minimum atomic E-state index is -0.878. The summed E-state index contributed by atoms with van der Waals surface area (Å²) in [6.45, 7) is 4.84. The molecule has 0 fully saturated rings. The van der Waals surface area contributed by atoms with Crippen molar-refractivity contribution in [2.24, 2.45) is 0 Å². The lowest BCUT2D eigenvalue weighted by Gasteiger charge is -2.19. The van der Waals surface area contributed by atoms with Gasteiger partial charge in [0, 0.05) is 12.8 Å². The van der Waals surface area contributed by atoms with Gasteiger partial charge in [0.2, 0.25) is 5.91 Å². The van der Waals surface area contributed by atoms with Crippen LogP contribution >= 0.6 is 0 Å². The molecular formula is C54H101NO5. The van der Waals surface area contributed by atoms with Gasteiger partial charge in [-0.25, -0.2) is 0 Å². The highest BCUT2D eigenvalue weighted by atomic mass is 16.5. The summed E-state index contributed by atoms with van der Waals surface area (Å²) in [5.74, 6) is -0.164. The second kappa shape index (κ2) is 49.7. The van der Waals surface area contributed by atoms with E-state index in [2.05, 4.69) is 37.4 Å². The number of nitrogens with one attached hydrogen (secondary N) is 1. The summed E-state index contributed by atoms with van der Waals surface area (Å²) in [5.41, 5.74) is 0. The average Bonchev–Trinajstić information content (AvgIpc) is 3.25. The second-order valence-electron chi connectivity index (χ2n) is 17.9. The molecule has 0 spiro atoms. The number of allylic oxidation sites excluding steroid dienone is 5. The molecule has 6 heteroatoms. The molecule has 6 nitrogen and oxygen atoms in total. The monoisotopic (exact) mass is 844 g/mol. The molecular weight excluding hydrogens is 743 g/mol. The number of aliphatic hydroxyl groups is 2. The van der Waals surface area contributed by atoms with E-state index in [-0.39, 0.29) is 18.5 Å². The van der Waals surface area contributed by atoms with E-state index in [0.29, 0.717) is 25.9 Å². The van der Waals surface area contributed by atoms with Crippen LogP contribution in [0.3, 0.4) is 0 Å². The highest BCUT2D eigenvalue weighted by Gasteiger charge is 2.17. The van der Waals surface area contributed by atoms with Crippen molar-refractivity contribution < 1.29 is 24.5 Å². The first-order chi connectivity index (χ1) is 29.5. The third-order valence-corrected chi connectivity index (χ3v) is 11.9.